The molecule has 78 valence electrons. The molecule has 1 heterocycles. The number of carbonyl (C=O) groups excluding carboxylic acids is 1. The first-order valence-corrected chi connectivity index (χ1v) is 4.56. The summed E-state index contributed by atoms with van der Waals surface area (Å²) in [6, 6.07) is 1.22. The molecule has 1 saturated carbocycles. The molecule has 0 aliphatic heterocycles. The van der Waals surface area contributed by atoms with Crippen molar-refractivity contribution in [2.24, 2.45) is 0 Å². The molecule has 5 heteroatoms. The highest BCUT2D eigenvalue weighted by Gasteiger charge is 2.26. The van der Waals surface area contributed by atoms with Gasteiger partial charge in [0.2, 0.25) is 0 Å². The lowest BCUT2D eigenvalue weighted by Gasteiger charge is -2.07. The minimum absolute atomic E-state index is 0.0148. The summed E-state index contributed by atoms with van der Waals surface area (Å²) in [5.74, 6) is -0.883. The van der Waals surface area contributed by atoms with Crippen LogP contribution in [0.25, 0.3) is 0 Å². The first-order valence-electron chi connectivity index (χ1n) is 4.56. The van der Waals surface area contributed by atoms with E-state index in [0.29, 0.717) is 6.29 Å². The van der Waals surface area contributed by atoms with Crippen molar-refractivity contribution in [2.75, 3.05) is 0 Å². The van der Waals surface area contributed by atoms with E-state index in [-0.39, 0.29) is 23.1 Å². The van der Waals surface area contributed by atoms with E-state index in [2.05, 4.69) is 4.98 Å². The predicted molar refractivity (Wildman–Crippen MR) is 50.2 cm³/mol. The van der Waals surface area contributed by atoms with Crippen LogP contribution in [0.1, 0.15) is 33.7 Å². The molecule has 1 aliphatic carbocycles. The average Bonchev–Trinajstić information content (AvgIpc) is 3.02. The molecule has 0 spiro atoms. The molecular weight excluding hydrogens is 198 g/mol. The van der Waals surface area contributed by atoms with Gasteiger partial charge in [0.1, 0.15) is 11.3 Å². The van der Waals surface area contributed by atoms with Crippen LogP contribution in [0.3, 0.4) is 0 Å². The van der Waals surface area contributed by atoms with Crippen molar-refractivity contribution < 1.29 is 19.4 Å². The molecule has 1 aromatic rings. The molecular formula is C10H9NO4. The van der Waals surface area contributed by atoms with Gasteiger partial charge in [-0.3, -0.25) is 4.79 Å². The molecule has 0 saturated heterocycles. The maximum Gasteiger partial charge on any atom is 0.339 e. The Morgan fingerprint density at radius 1 is 1.60 bits per heavy atom. The Labute approximate surface area is 85.7 Å². The Kier molecular flexibility index (Phi) is 2.37. The van der Waals surface area contributed by atoms with Gasteiger partial charge in [-0.1, -0.05) is 0 Å². The van der Waals surface area contributed by atoms with Crippen molar-refractivity contribution >= 4 is 12.3 Å². The number of ether oxygens (including phenoxy) is 1. The summed E-state index contributed by atoms with van der Waals surface area (Å²) in [6.07, 6.45) is 3.77. The third-order valence-corrected chi connectivity index (χ3v) is 2.06. The summed E-state index contributed by atoms with van der Waals surface area (Å²) < 4.78 is 5.36. The number of aromatic nitrogens is 1. The van der Waals surface area contributed by atoms with Gasteiger partial charge < -0.3 is 9.84 Å². The molecule has 1 aromatic heterocycles. The van der Waals surface area contributed by atoms with Gasteiger partial charge in [0.25, 0.3) is 0 Å². The maximum atomic E-state index is 10.9. The standard InChI is InChI=1S/C10H9NO4/c12-5-6-3-8(10(13)14)9(4-11-6)15-7-1-2-7/h3-5,7H,1-2H2,(H,13,14). The van der Waals surface area contributed by atoms with E-state index in [9.17, 15) is 9.59 Å². The zero-order valence-electron chi connectivity index (χ0n) is 7.84. The van der Waals surface area contributed by atoms with E-state index in [1.807, 2.05) is 0 Å². The number of rotatable bonds is 4. The first-order chi connectivity index (χ1) is 7.20. The molecule has 0 atom stereocenters. The molecule has 5 nitrogen and oxygen atoms in total. The zero-order valence-corrected chi connectivity index (χ0v) is 7.84. The van der Waals surface area contributed by atoms with Crippen molar-refractivity contribution in [2.45, 2.75) is 18.9 Å². The number of nitrogens with zero attached hydrogens (tertiary/aromatic N) is 1. The highest BCUT2D eigenvalue weighted by molar-refractivity contribution is 5.92. The molecule has 0 radical (unpaired) electrons. The smallest absolute Gasteiger partial charge is 0.339 e. The number of aldehydes is 1. The van der Waals surface area contributed by atoms with Crippen LogP contribution in [-0.4, -0.2) is 28.4 Å². The van der Waals surface area contributed by atoms with Crippen LogP contribution in [0.15, 0.2) is 12.3 Å². The third-order valence-electron chi connectivity index (χ3n) is 2.06. The van der Waals surface area contributed by atoms with E-state index in [4.69, 9.17) is 9.84 Å². The van der Waals surface area contributed by atoms with Crippen LogP contribution in [0, 0.1) is 0 Å². The molecule has 0 unspecified atom stereocenters. The molecule has 15 heavy (non-hydrogen) atoms. The van der Waals surface area contributed by atoms with Gasteiger partial charge in [0.15, 0.2) is 12.0 Å². The van der Waals surface area contributed by atoms with Crippen LogP contribution in [0.5, 0.6) is 5.75 Å². The van der Waals surface area contributed by atoms with Crippen LogP contribution in [0.2, 0.25) is 0 Å². The highest BCUT2D eigenvalue weighted by atomic mass is 16.5. The number of hydrogen-bond acceptors (Lipinski definition) is 4. The normalized spacial score (nSPS) is 14.7. The summed E-state index contributed by atoms with van der Waals surface area (Å²) in [6.45, 7) is 0. The van der Waals surface area contributed by atoms with Gasteiger partial charge in [0.05, 0.1) is 12.3 Å². The Balaban J connectivity index is 2.33. The van der Waals surface area contributed by atoms with E-state index >= 15 is 0 Å². The van der Waals surface area contributed by atoms with E-state index < -0.39 is 5.97 Å². The third kappa shape index (κ3) is 2.12. The number of carbonyl (C=O) groups is 2. The number of hydrogen-bond donors (Lipinski definition) is 1. The van der Waals surface area contributed by atoms with Gasteiger partial charge in [-0.2, -0.15) is 0 Å². The van der Waals surface area contributed by atoms with E-state index in [1.54, 1.807) is 0 Å². The summed E-state index contributed by atoms with van der Waals surface area (Å²) in [4.78, 5) is 25.1. The minimum Gasteiger partial charge on any atom is -0.488 e. The Hall–Kier alpha value is -1.91. The average molecular weight is 207 g/mol. The Bertz CT molecular complexity index is 412. The van der Waals surface area contributed by atoms with Crippen molar-refractivity contribution in [1.82, 2.24) is 4.98 Å². The molecule has 0 amide bonds. The largest absolute Gasteiger partial charge is 0.488 e. The monoisotopic (exact) mass is 207 g/mol. The van der Waals surface area contributed by atoms with Gasteiger partial charge in [-0.25, -0.2) is 9.78 Å². The molecule has 2 rings (SSSR count). The topological polar surface area (TPSA) is 76.5 Å². The number of pyridine rings is 1. The number of aromatic carboxylic acids is 1. The van der Waals surface area contributed by atoms with Crippen LogP contribution in [0.4, 0.5) is 0 Å². The van der Waals surface area contributed by atoms with E-state index in [1.165, 1.54) is 12.3 Å². The van der Waals surface area contributed by atoms with Crippen LogP contribution in [-0.2, 0) is 0 Å². The highest BCUT2D eigenvalue weighted by Crippen LogP contribution is 2.28. The summed E-state index contributed by atoms with van der Waals surface area (Å²) in [7, 11) is 0. The second kappa shape index (κ2) is 3.68. The maximum absolute atomic E-state index is 10.9. The second-order valence-electron chi connectivity index (χ2n) is 3.35. The lowest BCUT2D eigenvalue weighted by molar-refractivity contribution is 0.0691. The first kappa shape index (κ1) is 9.64. The van der Waals surface area contributed by atoms with Crippen molar-refractivity contribution in [1.29, 1.82) is 0 Å². The molecule has 1 fully saturated rings. The minimum atomic E-state index is -1.11. The lowest BCUT2D eigenvalue weighted by Crippen LogP contribution is -2.06. The molecule has 0 aromatic carbocycles. The second-order valence-corrected chi connectivity index (χ2v) is 3.35. The summed E-state index contributed by atoms with van der Waals surface area (Å²) in [5, 5.41) is 8.90. The molecule has 1 N–H and O–H groups in total. The van der Waals surface area contributed by atoms with Gasteiger partial charge >= 0.3 is 5.97 Å². The fraction of sp³-hybridized carbons (Fsp3) is 0.300. The number of carboxylic acid groups (broad SMARTS) is 1. The van der Waals surface area contributed by atoms with Crippen molar-refractivity contribution in [3.63, 3.8) is 0 Å². The number of carboxylic acids is 1. The van der Waals surface area contributed by atoms with Gasteiger partial charge in [-0.05, 0) is 18.9 Å². The van der Waals surface area contributed by atoms with Gasteiger partial charge in [0, 0.05) is 0 Å². The quantitative estimate of drug-likeness (QED) is 0.749. The van der Waals surface area contributed by atoms with Crippen molar-refractivity contribution in [3.05, 3.63) is 23.5 Å². The SMILES string of the molecule is O=Cc1cc(C(=O)O)c(OC2CC2)cn1. The van der Waals surface area contributed by atoms with Crippen molar-refractivity contribution in [3.8, 4) is 5.75 Å². The molecule has 1 aliphatic rings. The fourth-order valence-corrected chi connectivity index (χ4v) is 1.15. The summed E-state index contributed by atoms with van der Waals surface area (Å²) in [5.41, 5.74) is 0.0783. The lowest BCUT2D eigenvalue weighted by atomic mass is 10.2. The Morgan fingerprint density at radius 3 is 2.87 bits per heavy atom. The Morgan fingerprint density at radius 2 is 2.33 bits per heavy atom. The van der Waals surface area contributed by atoms with Gasteiger partial charge in [-0.15, -0.1) is 0 Å². The molecule has 0 bridgehead atoms. The van der Waals surface area contributed by atoms with E-state index in [0.717, 1.165) is 12.8 Å². The van der Waals surface area contributed by atoms with Crippen LogP contribution >= 0.6 is 0 Å². The zero-order chi connectivity index (χ0) is 10.8. The fourth-order valence-electron chi connectivity index (χ4n) is 1.15. The predicted octanol–water partition coefficient (Wildman–Crippen LogP) is 1.13. The summed E-state index contributed by atoms with van der Waals surface area (Å²) >= 11 is 0. The van der Waals surface area contributed by atoms with Crippen LogP contribution < -0.4 is 4.74 Å².